The number of carbonyl (C=O) groups is 1. The van der Waals surface area contributed by atoms with Crippen molar-refractivity contribution in [1.29, 1.82) is 0 Å². The van der Waals surface area contributed by atoms with Crippen molar-refractivity contribution >= 4 is 11.9 Å². The van der Waals surface area contributed by atoms with Crippen LogP contribution in [0, 0.1) is 0 Å². The summed E-state index contributed by atoms with van der Waals surface area (Å²) in [6.07, 6.45) is 8.70. The lowest BCUT2D eigenvalue weighted by Crippen LogP contribution is -2.29. The molecule has 104 valence electrons. The highest BCUT2D eigenvalue weighted by atomic mass is 16.5. The van der Waals surface area contributed by atoms with Gasteiger partial charge in [-0.05, 0) is 30.7 Å². The Morgan fingerprint density at radius 3 is 2.48 bits per heavy atom. The molecule has 1 aliphatic heterocycles. The number of pyridine rings is 1. The number of aromatic nitrogens is 1. The van der Waals surface area contributed by atoms with Crippen LogP contribution >= 0.6 is 0 Å². The van der Waals surface area contributed by atoms with Gasteiger partial charge in [0.2, 0.25) is 5.78 Å². The maximum absolute atomic E-state index is 12.3. The molecule has 0 N–H and O–H groups in total. The molecule has 3 rings (SSSR count). The van der Waals surface area contributed by atoms with E-state index in [4.69, 9.17) is 4.74 Å². The van der Waals surface area contributed by atoms with Gasteiger partial charge in [0.15, 0.2) is 5.60 Å². The number of hydrogen-bond donors (Lipinski definition) is 0. The summed E-state index contributed by atoms with van der Waals surface area (Å²) in [5.74, 6) is 0.534. The van der Waals surface area contributed by atoms with Gasteiger partial charge in [-0.1, -0.05) is 36.4 Å². The Balaban J connectivity index is 1.81. The third kappa shape index (κ3) is 2.63. The van der Waals surface area contributed by atoms with Crippen molar-refractivity contribution in [3.05, 3.63) is 83.9 Å². The van der Waals surface area contributed by atoms with E-state index in [0.29, 0.717) is 5.76 Å². The summed E-state index contributed by atoms with van der Waals surface area (Å²) in [6.45, 7) is 1.80. The Morgan fingerprint density at radius 1 is 1.05 bits per heavy atom. The van der Waals surface area contributed by atoms with Crippen LogP contribution in [-0.2, 0) is 15.1 Å². The Morgan fingerprint density at radius 2 is 1.76 bits per heavy atom. The molecule has 0 saturated carbocycles. The summed E-state index contributed by atoms with van der Waals surface area (Å²) in [7, 11) is 0. The van der Waals surface area contributed by atoms with Crippen molar-refractivity contribution in [3.8, 4) is 0 Å². The van der Waals surface area contributed by atoms with Crippen LogP contribution in [0.15, 0.2) is 72.8 Å². The zero-order chi connectivity index (χ0) is 14.7. The van der Waals surface area contributed by atoms with Gasteiger partial charge in [0, 0.05) is 24.0 Å². The molecule has 3 nitrogen and oxygen atoms in total. The fourth-order valence-electron chi connectivity index (χ4n) is 2.27. The molecule has 1 aromatic carbocycles. The van der Waals surface area contributed by atoms with Gasteiger partial charge in [-0.15, -0.1) is 0 Å². The summed E-state index contributed by atoms with van der Waals surface area (Å²) < 4.78 is 5.88. The van der Waals surface area contributed by atoms with Crippen molar-refractivity contribution < 1.29 is 9.53 Å². The fourth-order valence-corrected chi connectivity index (χ4v) is 2.27. The number of hydrogen-bond acceptors (Lipinski definition) is 3. The summed E-state index contributed by atoms with van der Waals surface area (Å²) >= 11 is 0. The van der Waals surface area contributed by atoms with E-state index in [1.807, 2.05) is 48.5 Å². The highest BCUT2D eigenvalue weighted by molar-refractivity contribution is 6.00. The predicted octanol–water partition coefficient (Wildman–Crippen LogP) is 3.49. The van der Waals surface area contributed by atoms with Gasteiger partial charge in [0.25, 0.3) is 0 Å². The first kappa shape index (κ1) is 13.3. The minimum atomic E-state index is -0.931. The molecule has 2 aromatic rings. The molecule has 1 atom stereocenters. The van der Waals surface area contributed by atoms with Gasteiger partial charge < -0.3 is 4.74 Å². The van der Waals surface area contributed by atoms with E-state index in [1.165, 1.54) is 0 Å². The third-order valence-electron chi connectivity index (χ3n) is 3.54. The molecule has 0 radical (unpaired) electrons. The molecule has 1 aliphatic rings. The SMILES string of the molecule is CC1(c2ccccc2)OC(C=Cc2ccncc2)=CC1=O. The normalized spacial score (nSPS) is 21.4. The number of nitrogens with zero attached hydrogens (tertiary/aromatic N) is 1. The molecule has 3 heteroatoms. The molecular formula is C18H15NO2. The van der Waals surface area contributed by atoms with Gasteiger partial charge in [-0.3, -0.25) is 9.78 Å². The summed E-state index contributed by atoms with van der Waals surface area (Å²) in [5, 5.41) is 0. The lowest BCUT2D eigenvalue weighted by Gasteiger charge is -2.23. The summed E-state index contributed by atoms with van der Waals surface area (Å²) in [4.78, 5) is 16.2. The molecular weight excluding hydrogens is 262 g/mol. The lowest BCUT2D eigenvalue weighted by atomic mass is 9.92. The Kier molecular flexibility index (Phi) is 3.40. The zero-order valence-electron chi connectivity index (χ0n) is 11.7. The Hall–Kier alpha value is -2.68. The van der Waals surface area contributed by atoms with Crippen molar-refractivity contribution in [2.45, 2.75) is 12.5 Å². The van der Waals surface area contributed by atoms with Crippen molar-refractivity contribution in [3.63, 3.8) is 0 Å². The van der Waals surface area contributed by atoms with Crippen LogP contribution in [0.5, 0.6) is 0 Å². The standard InChI is InChI=1S/C18H15NO2/c1-18(15-5-3-2-4-6-15)17(20)13-16(21-18)8-7-14-9-11-19-12-10-14/h2-13H,1H3. The van der Waals surface area contributed by atoms with E-state index >= 15 is 0 Å². The van der Waals surface area contributed by atoms with Crippen LogP contribution in [0.4, 0.5) is 0 Å². The highest BCUT2D eigenvalue weighted by Gasteiger charge is 2.40. The maximum atomic E-state index is 12.3. The molecule has 0 fully saturated rings. The van der Waals surface area contributed by atoms with Gasteiger partial charge in [-0.25, -0.2) is 0 Å². The van der Waals surface area contributed by atoms with Crippen molar-refractivity contribution in [2.75, 3.05) is 0 Å². The van der Waals surface area contributed by atoms with Crippen LogP contribution in [0.2, 0.25) is 0 Å². The minimum Gasteiger partial charge on any atom is -0.475 e. The second kappa shape index (κ2) is 5.37. The molecule has 0 saturated heterocycles. The van der Waals surface area contributed by atoms with Crippen molar-refractivity contribution in [1.82, 2.24) is 4.98 Å². The number of allylic oxidation sites excluding steroid dienone is 1. The first-order valence-electron chi connectivity index (χ1n) is 6.77. The van der Waals surface area contributed by atoms with E-state index in [9.17, 15) is 4.79 Å². The van der Waals surface area contributed by atoms with Crippen LogP contribution in [-0.4, -0.2) is 10.8 Å². The molecule has 0 amide bonds. The average molecular weight is 277 g/mol. The first-order chi connectivity index (χ1) is 10.2. The average Bonchev–Trinajstić information content (AvgIpc) is 2.83. The van der Waals surface area contributed by atoms with Crippen molar-refractivity contribution in [2.24, 2.45) is 0 Å². The van der Waals surface area contributed by atoms with E-state index in [0.717, 1.165) is 11.1 Å². The number of ether oxygens (including phenoxy) is 1. The second-order valence-electron chi connectivity index (χ2n) is 5.03. The minimum absolute atomic E-state index is 0.0388. The fraction of sp³-hybridized carbons (Fsp3) is 0.111. The van der Waals surface area contributed by atoms with Crippen LogP contribution in [0.25, 0.3) is 6.08 Å². The quantitative estimate of drug-likeness (QED) is 0.862. The van der Waals surface area contributed by atoms with E-state index < -0.39 is 5.60 Å². The Bertz CT molecular complexity index is 705. The topological polar surface area (TPSA) is 39.2 Å². The largest absolute Gasteiger partial charge is 0.475 e. The number of ketones is 1. The van der Waals surface area contributed by atoms with Gasteiger partial charge in [-0.2, -0.15) is 0 Å². The summed E-state index contributed by atoms with van der Waals surface area (Å²) in [5.41, 5.74) is 0.938. The number of rotatable bonds is 3. The molecule has 0 spiro atoms. The molecule has 0 bridgehead atoms. The number of benzene rings is 1. The third-order valence-corrected chi connectivity index (χ3v) is 3.54. The van der Waals surface area contributed by atoms with Crippen LogP contribution in [0.1, 0.15) is 18.1 Å². The smallest absolute Gasteiger partial charge is 0.207 e. The summed E-state index contributed by atoms with van der Waals surface area (Å²) in [6, 6.07) is 13.3. The second-order valence-corrected chi connectivity index (χ2v) is 5.03. The molecule has 0 aliphatic carbocycles. The zero-order valence-corrected chi connectivity index (χ0v) is 11.7. The predicted molar refractivity (Wildman–Crippen MR) is 81.2 cm³/mol. The van der Waals surface area contributed by atoms with Gasteiger partial charge in [0.05, 0.1) is 0 Å². The Labute approximate surface area is 123 Å². The molecule has 2 heterocycles. The molecule has 1 unspecified atom stereocenters. The monoisotopic (exact) mass is 277 g/mol. The maximum Gasteiger partial charge on any atom is 0.207 e. The van der Waals surface area contributed by atoms with E-state index in [1.54, 1.807) is 31.5 Å². The first-order valence-corrected chi connectivity index (χ1v) is 6.77. The van der Waals surface area contributed by atoms with Crippen LogP contribution < -0.4 is 0 Å². The van der Waals surface area contributed by atoms with Gasteiger partial charge in [0.1, 0.15) is 5.76 Å². The lowest BCUT2D eigenvalue weighted by molar-refractivity contribution is -0.129. The molecule has 21 heavy (non-hydrogen) atoms. The van der Waals surface area contributed by atoms with Crippen LogP contribution in [0.3, 0.4) is 0 Å². The van der Waals surface area contributed by atoms with Gasteiger partial charge >= 0.3 is 0 Å². The van der Waals surface area contributed by atoms with E-state index in [2.05, 4.69) is 4.98 Å². The number of carbonyl (C=O) groups excluding carboxylic acids is 1. The van der Waals surface area contributed by atoms with E-state index in [-0.39, 0.29) is 5.78 Å². The molecule has 1 aromatic heterocycles. The highest BCUT2D eigenvalue weighted by Crippen LogP contribution is 2.35.